The Bertz CT molecular complexity index is 164. The van der Waals surface area contributed by atoms with E-state index in [2.05, 4.69) is 28.8 Å². The number of oxime groups is 1. The van der Waals surface area contributed by atoms with Crippen molar-refractivity contribution in [3.05, 3.63) is 0 Å². The van der Waals surface area contributed by atoms with Crippen molar-refractivity contribution in [3.8, 4) is 11.8 Å². The molecule has 0 fully saturated rings. The Morgan fingerprint density at radius 3 is 2.75 bits per heavy atom. The van der Waals surface area contributed by atoms with Gasteiger partial charge in [0.05, 0.1) is 0 Å². The Labute approximate surface area is 75.0 Å². The molecule has 0 N–H and O–H groups in total. The van der Waals surface area contributed by atoms with E-state index in [-0.39, 0.29) is 0 Å². The van der Waals surface area contributed by atoms with Gasteiger partial charge in [-0.3, -0.25) is 0 Å². The van der Waals surface area contributed by atoms with E-state index in [0.29, 0.717) is 0 Å². The lowest BCUT2D eigenvalue weighted by Crippen LogP contribution is -1.77. The van der Waals surface area contributed by atoms with Gasteiger partial charge in [0.1, 0.15) is 7.11 Å². The van der Waals surface area contributed by atoms with E-state index in [1.165, 1.54) is 0 Å². The lowest BCUT2D eigenvalue weighted by atomic mass is 10.2. The van der Waals surface area contributed by atoms with E-state index >= 15 is 0 Å². The van der Waals surface area contributed by atoms with E-state index < -0.39 is 0 Å². The van der Waals surface area contributed by atoms with E-state index in [0.717, 1.165) is 32.1 Å². The van der Waals surface area contributed by atoms with Crippen LogP contribution >= 0.6 is 0 Å². The van der Waals surface area contributed by atoms with Crippen molar-refractivity contribution in [1.29, 1.82) is 0 Å². The third-order valence-electron chi connectivity index (χ3n) is 1.31. The van der Waals surface area contributed by atoms with Crippen LogP contribution in [0.3, 0.4) is 0 Å². The molecule has 0 saturated heterocycles. The zero-order chi connectivity index (χ0) is 9.07. The topological polar surface area (TPSA) is 21.6 Å². The van der Waals surface area contributed by atoms with Gasteiger partial charge in [-0.05, 0) is 19.3 Å². The van der Waals surface area contributed by atoms with Gasteiger partial charge in [0.15, 0.2) is 0 Å². The fourth-order valence-corrected chi connectivity index (χ4v) is 0.711. The van der Waals surface area contributed by atoms with Gasteiger partial charge in [-0.1, -0.05) is 12.1 Å². The van der Waals surface area contributed by atoms with E-state index in [9.17, 15) is 0 Å². The first-order chi connectivity index (χ1) is 5.91. The Hall–Kier alpha value is -0.970. The van der Waals surface area contributed by atoms with Crippen LogP contribution in [0.25, 0.3) is 0 Å². The maximum atomic E-state index is 4.52. The molecule has 2 heteroatoms. The van der Waals surface area contributed by atoms with Gasteiger partial charge in [-0.2, -0.15) is 0 Å². The average molecular weight is 167 g/mol. The molecular formula is C10H17NO. The summed E-state index contributed by atoms with van der Waals surface area (Å²) >= 11 is 0. The molecule has 0 unspecified atom stereocenters. The minimum atomic E-state index is 0.953. The number of rotatable bonds is 5. The molecule has 0 aliphatic heterocycles. The molecule has 0 heterocycles. The summed E-state index contributed by atoms with van der Waals surface area (Å²) in [6.45, 7) is 2.14. The van der Waals surface area contributed by atoms with E-state index in [1.54, 1.807) is 13.3 Å². The van der Waals surface area contributed by atoms with Gasteiger partial charge in [0, 0.05) is 19.1 Å². The standard InChI is InChI=1S/C10H17NO/c1-3-4-5-6-7-8-9-10-11-12-2/h10H,3-4,7-9H2,1-2H3/b11-10+. The minimum absolute atomic E-state index is 0.953. The summed E-state index contributed by atoms with van der Waals surface area (Å²) in [6, 6.07) is 0. The summed E-state index contributed by atoms with van der Waals surface area (Å²) in [5.74, 6) is 6.21. The van der Waals surface area contributed by atoms with Crippen LogP contribution in [0.2, 0.25) is 0 Å². The molecule has 0 aromatic heterocycles. The normalized spacial score (nSPS) is 9.50. The molecule has 0 rings (SSSR count). The summed E-state index contributed by atoms with van der Waals surface area (Å²) in [5, 5.41) is 3.63. The molecule has 0 radical (unpaired) electrons. The Balaban J connectivity index is 3.11. The first-order valence-corrected chi connectivity index (χ1v) is 4.42. The zero-order valence-electron chi connectivity index (χ0n) is 7.97. The highest BCUT2D eigenvalue weighted by Crippen LogP contribution is 1.91. The SMILES string of the molecule is CCCC#CCCC/C=N/OC. The van der Waals surface area contributed by atoms with Gasteiger partial charge >= 0.3 is 0 Å². The smallest absolute Gasteiger partial charge is 0.106 e. The van der Waals surface area contributed by atoms with E-state index in [4.69, 9.17) is 0 Å². The largest absolute Gasteiger partial charge is 0.399 e. The van der Waals surface area contributed by atoms with Crippen molar-refractivity contribution >= 4 is 6.21 Å². The molecule has 0 aliphatic rings. The van der Waals surface area contributed by atoms with Gasteiger partial charge in [-0.15, -0.1) is 11.8 Å². The van der Waals surface area contributed by atoms with Crippen molar-refractivity contribution in [2.75, 3.05) is 7.11 Å². The lowest BCUT2D eigenvalue weighted by Gasteiger charge is -1.87. The molecule has 0 aliphatic carbocycles. The second-order valence-corrected chi connectivity index (χ2v) is 2.47. The molecule has 0 atom stereocenters. The van der Waals surface area contributed by atoms with Crippen LogP contribution in [-0.2, 0) is 4.84 Å². The second-order valence-electron chi connectivity index (χ2n) is 2.47. The highest BCUT2D eigenvalue weighted by molar-refractivity contribution is 5.56. The summed E-state index contributed by atoms with van der Waals surface area (Å²) in [5.41, 5.74) is 0. The van der Waals surface area contributed by atoms with Crippen molar-refractivity contribution in [3.63, 3.8) is 0 Å². The van der Waals surface area contributed by atoms with E-state index in [1.807, 2.05) is 0 Å². The fraction of sp³-hybridized carbons (Fsp3) is 0.700. The minimum Gasteiger partial charge on any atom is -0.399 e. The van der Waals surface area contributed by atoms with Crippen molar-refractivity contribution in [2.45, 2.75) is 39.0 Å². The molecule has 0 aromatic rings. The van der Waals surface area contributed by atoms with Crippen molar-refractivity contribution in [1.82, 2.24) is 0 Å². The van der Waals surface area contributed by atoms with Crippen LogP contribution in [0, 0.1) is 11.8 Å². The highest BCUT2D eigenvalue weighted by atomic mass is 16.6. The van der Waals surface area contributed by atoms with Gasteiger partial charge in [0.2, 0.25) is 0 Å². The predicted octanol–water partition coefficient (Wildman–Crippen LogP) is 2.59. The lowest BCUT2D eigenvalue weighted by molar-refractivity contribution is 0.214. The third kappa shape index (κ3) is 9.03. The maximum absolute atomic E-state index is 4.52. The Morgan fingerprint density at radius 2 is 2.08 bits per heavy atom. The van der Waals surface area contributed by atoms with Crippen LogP contribution in [0.4, 0.5) is 0 Å². The number of unbranched alkanes of at least 4 members (excludes halogenated alkanes) is 3. The third-order valence-corrected chi connectivity index (χ3v) is 1.31. The second kappa shape index (κ2) is 10.0. The van der Waals surface area contributed by atoms with Crippen LogP contribution < -0.4 is 0 Å². The van der Waals surface area contributed by atoms with Gasteiger partial charge < -0.3 is 4.84 Å². The molecule has 0 saturated carbocycles. The van der Waals surface area contributed by atoms with Crippen LogP contribution in [0.1, 0.15) is 39.0 Å². The maximum Gasteiger partial charge on any atom is 0.106 e. The molecule has 68 valence electrons. The molecule has 2 nitrogen and oxygen atoms in total. The number of hydrogen-bond donors (Lipinski definition) is 0. The average Bonchev–Trinajstić information content (AvgIpc) is 2.10. The Morgan fingerprint density at radius 1 is 1.33 bits per heavy atom. The van der Waals surface area contributed by atoms with Crippen LogP contribution in [0.15, 0.2) is 5.16 Å². The molecule has 0 spiro atoms. The molecule has 0 aromatic carbocycles. The first-order valence-electron chi connectivity index (χ1n) is 4.42. The summed E-state index contributed by atoms with van der Waals surface area (Å²) in [4.78, 5) is 4.52. The Kier molecular flexibility index (Phi) is 9.22. The monoisotopic (exact) mass is 167 g/mol. The molecule has 12 heavy (non-hydrogen) atoms. The molecule has 0 amide bonds. The first kappa shape index (κ1) is 11.0. The quantitative estimate of drug-likeness (QED) is 0.267. The summed E-state index contributed by atoms with van der Waals surface area (Å²) < 4.78 is 0. The fourth-order valence-electron chi connectivity index (χ4n) is 0.711. The molecular weight excluding hydrogens is 150 g/mol. The summed E-state index contributed by atoms with van der Waals surface area (Å²) in [6.07, 6.45) is 6.94. The number of nitrogens with zero attached hydrogens (tertiary/aromatic N) is 1. The zero-order valence-corrected chi connectivity index (χ0v) is 7.97. The van der Waals surface area contributed by atoms with Crippen LogP contribution in [-0.4, -0.2) is 13.3 Å². The number of hydrogen-bond acceptors (Lipinski definition) is 2. The van der Waals surface area contributed by atoms with Crippen molar-refractivity contribution in [2.24, 2.45) is 5.16 Å². The van der Waals surface area contributed by atoms with Gasteiger partial charge in [0.25, 0.3) is 0 Å². The summed E-state index contributed by atoms with van der Waals surface area (Å²) in [7, 11) is 1.55. The van der Waals surface area contributed by atoms with Crippen LogP contribution in [0.5, 0.6) is 0 Å². The van der Waals surface area contributed by atoms with Gasteiger partial charge in [-0.25, -0.2) is 0 Å². The predicted molar refractivity (Wildman–Crippen MR) is 52.0 cm³/mol. The molecule has 0 bridgehead atoms. The highest BCUT2D eigenvalue weighted by Gasteiger charge is 1.80. The van der Waals surface area contributed by atoms with Crippen molar-refractivity contribution < 1.29 is 4.84 Å².